The van der Waals surface area contributed by atoms with Crippen molar-refractivity contribution in [3.63, 3.8) is 0 Å². The fourth-order valence-corrected chi connectivity index (χ4v) is 4.48. The van der Waals surface area contributed by atoms with E-state index in [0.29, 0.717) is 22.2 Å². The van der Waals surface area contributed by atoms with Gasteiger partial charge in [0.05, 0.1) is 10.0 Å². The molecule has 5 rings (SSSR count). The third-order valence-corrected chi connectivity index (χ3v) is 6.20. The van der Waals surface area contributed by atoms with Crippen molar-refractivity contribution in [1.82, 2.24) is 10.2 Å². The van der Waals surface area contributed by atoms with Gasteiger partial charge in [0.25, 0.3) is 5.91 Å². The van der Waals surface area contributed by atoms with Crippen molar-refractivity contribution < 1.29 is 4.79 Å². The molecule has 3 nitrogen and oxygen atoms in total. The number of carbonyl (C=O) groups excluding carboxylic acids is 1. The van der Waals surface area contributed by atoms with E-state index in [4.69, 9.17) is 23.2 Å². The number of carbonyl (C=O) groups is 1. The lowest BCUT2D eigenvalue weighted by atomic mass is 9.73. The van der Waals surface area contributed by atoms with Gasteiger partial charge >= 0.3 is 0 Å². The van der Waals surface area contributed by atoms with Crippen LogP contribution < -0.4 is 5.32 Å². The maximum Gasteiger partial charge on any atom is 0.251 e. The molecule has 25 heavy (non-hydrogen) atoms. The molecule has 130 valence electrons. The van der Waals surface area contributed by atoms with Crippen LogP contribution in [0.25, 0.3) is 0 Å². The lowest BCUT2D eigenvalue weighted by Crippen LogP contribution is -2.53. The van der Waals surface area contributed by atoms with E-state index >= 15 is 0 Å². The fourth-order valence-electron chi connectivity index (χ4n) is 4.18. The van der Waals surface area contributed by atoms with E-state index in [9.17, 15) is 4.79 Å². The Morgan fingerprint density at radius 3 is 2.60 bits per heavy atom. The van der Waals surface area contributed by atoms with E-state index < -0.39 is 0 Å². The summed E-state index contributed by atoms with van der Waals surface area (Å²) in [5.74, 6) is 0.675. The molecule has 2 aliphatic heterocycles. The molecule has 2 bridgehead atoms. The largest absolute Gasteiger partial charge is 0.350 e. The average molecular weight is 375 g/mol. The number of hydrogen-bond donors (Lipinski definition) is 1. The zero-order valence-corrected chi connectivity index (χ0v) is 15.4. The molecule has 2 aromatic rings. The first-order chi connectivity index (χ1) is 12.1. The Balaban J connectivity index is 1.41. The summed E-state index contributed by atoms with van der Waals surface area (Å²) in [5, 5.41) is 3.97. The van der Waals surface area contributed by atoms with Crippen molar-refractivity contribution in [1.29, 1.82) is 0 Å². The molecule has 1 amide bonds. The van der Waals surface area contributed by atoms with E-state index in [1.807, 2.05) is 6.07 Å². The highest BCUT2D eigenvalue weighted by Crippen LogP contribution is 2.50. The molecule has 2 heterocycles. The highest BCUT2D eigenvalue weighted by Gasteiger charge is 2.55. The normalized spacial score (nSPS) is 24.8. The summed E-state index contributed by atoms with van der Waals surface area (Å²) in [7, 11) is 0. The first-order valence-electron chi connectivity index (χ1n) is 8.58. The van der Waals surface area contributed by atoms with Gasteiger partial charge in [-0.1, -0.05) is 53.5 Å². The fraction of sp³-hybridized carbons (Fsp3) is 0.350. The van der Waals surface area contributed by atoms with Crippen LogP contribution in [0, 0.1) is 5.92 Å². The molecule has 1 aliphatic carbocycles. The number of amides is 1. The summed E-state index contributed by atoms with van der Waals surface area (Å²) >= 11 is 11.9. The molecule has 0 spiro atoms. The van der Waals surface area contributed by atoms with Gasteiger partial charge in [-0.25, -0.2) is 0 Å². The molecule has 5 heteroatoms. The maximum atomic E-state index is 12.5. The number of nitrogens with zero attached hydrogens (tertiary/aromatic N) is 1. The number of benzene rings is 2. The van der Waals surface area contributed by atoms with Gasteiger partial charge in [-0.15, -0.1) is 0 Å². The zero-order valence-electron chi connectivity index (χ0n) is 13.8. The summed E-state index contributed by atoms with van der Waals surface area (Å²) in [6.45, 7) is 2.74. The minimum absolute atomic E-state index is 0.0945. The Morgan fingerprint density at radius 2 is 1.88 bits per heavy atom. The van der Waals surface area contributed by atoms with Crippen LogP contribution in [0.15, 0.2) is 48.5 Å². The molecule has 0 aromatic heterocycles. The van der Waals surface area contributed by atoms with E-state index in [2.05, 4.69) is 34.5 Å². The SMILES string of the molecule is O=C(NCC12CC(CN1Cc1ccccc1)C2)c1ccc(Cl)c(Cl)c1. The first kappa shape index (κ1) is 16.9. The van der Waals surface area contributed by atoms with Crippen LogP contribution in [0.5, 0.6) is 0 Å². The molecule has 0 unspecified atom stereocenters. The smallest absolute Gasteiger partial charge is 0.251 e. The summed E-state index contributed by atoms with van der Waals surface area (Å²) in [6.07, 6.45) is 2.34. The van der Waals surface area contributed by atoms with Crippen LogP contribution in [0.4, 0.5) is 0 Å². The molecule has 1 saturated carbocycles. The number of halogens is 2. The summed E-state index contributed by atoms with van der Waals surface area (Å²) < 4.78 is 0. The standard InChI is InChI=1S/C20H20Cl2N2O/c21-17-7-6-16(8-18(17)22)19(25)23-13-20-9-15(10-20)12-24(20)11-14-4-2-1-3-5-14/h1-8,15H,9-13H2,(H,23,25). The van der Waals surface area contributed by atoms with Crippen LogP contribution in [-0.4, -0.2) is 29.4 Å². The van der Waals surface area contributed by atoms with Gasteiger partial charge in [-0.3, -0.25) is 9.69 Å². The Kier molecular flexibility index (Phi) is 4.48. The average Bonchev–Trinajstić information content (AvgIpc) is 3.10. The van der Waals surface area contributed by atoms with E-state index in [1.165, 1.54) is 18.4 Å². The maximum absolute atomic E-state index is 12.5. The van der Waals surface area contributed by atoms with Gasteiger partial charge < -0.3 is 5.32 Å². The Morgan fingerprint density at radius 1 is 1.12 bits per heavy atom. The monoisotopic (exact) mass is 374 g/mol. The summed E-state index contributed by atoms with van der Waals surface area (Å²) in [6, 6.07) is 15.5. The highest BCUT2D eigenvalue weighted by atomic mass is 35.5. The second-order valence-electron chi connectivity index (χ2n) is 7.18. The van der Waals surface area contributed by atoms with Crippen molar-refractivity contribution in [2.45, 2.75) is 24.9 Å². The lowest BCUT2D eigenvalue weighted by molar-refractivity contribution is 0.0798. The molecular formula is C20H20Cl2N2O. The second-order valence-corrected chi connectivity index (χ2v) is 7.99. The third-order valence-electron chi connectivity index (χ3n) is 5.46. The number of nitrogens with one attached hydrogen (secondary N) is 1. The van der Waals surface area contributed by atoms with Gasteiger partial charge in [-0.05, 0) is 42.5 Å². The second kappa shape index (κ2) is 6.64. The Bertz CT molecular complexity index is 788. The Hall–Kier alpha value is -1.55. The van der Waals surface area contributed by atoms with Gasteiger partial charge in [0.1, 0.15) is 0 Å². The van der Waals surface area contributed by atoms with Gasteiger partial charge in [0, 0.05) is 30.7 Å². The zero-order chi connectivity index (χ0) is 17.4. The number of fused-ring (bicyclic) bond motifs is 1. The molecule has 3 fully saturated rings. The van der Waals surface area contributed by atoms with Crippen LogP contribution in [-0.2, 0) is 6.54 Å². The quantitative estimate of drug-likeness (QED) is 0.841. The van der Waals surface area contributed by atoms with E-state index in [-0.39, 0.29) is 11.4 Å². The lowest BCUT2D eigenvalue weighted by Gasteiger charge is -2.42. The molecule has 2 saturated heterocycles. The van der Waals surface area contributed by atoms with Crippen LogP contribution >= 0.6 is 23.2 Å². The number of hydrogen-bond acceptors (Lipinski definition) is 2. The topological polar surface area (TPSA) is 32.3 Å². The van der Waals surface area contributed by atoms with E-state index in [1.54, 1.807) is 18.2 Å². The predicted octanol–water partition coefficient (Wildman–Crippen LogP) is 4.39. The van der Waals surface area contributed by atoms with Gasteiger partial charge in [-0.2, -0.15) is 0 Å². The summed E-state index contributed by atoms with van der Waals surface area (Å²) in [5.41, 5.74) is 1.98. The van der Waals surface area contributed by atoms with Crippen molar-refractivity contribution >= 4 is 29.1 Å². The van der Waals surface area contributed by atoms with Crippen molar-refractivity contribution in [3.05, 3.63) is 69.7 Å². The molecule has 0 atom stereocenters. The van der Waals surface area contributed by atoms with Crippen LogP contribution in [0.2, 0.25) is 10.0 Å². The minimum atomic E-state index is -0.0945. The van der Waals surface area contributed by atoms with E-state index in [0.717, 1.165) is 19.0 Å². The van der Waals surface area contributed by atoms with Crippen molar-refractivity contribution in [3.8, 4) is 0 Å². The highest BCUT2D eigenvalue weighted by molar-refractivity contribution is 6.42. The van der Waals surface area contributed by atoms with Crippen molar-refractivity contribution in [2.75, 3.05) is 13.1 Å². The van der Waals surface area contributed by atoms with Crippen molar-refractivity contribution in [2.24, 2.45) is 5.92 Å². The molecule has 2 aromatic carbocycles. The minimum Gasteiger partial charge on any atom is -0.350 e. The van der Waals surface area contributed by atoms with Gasteiger partial charge in [0.2, 0.25) is 0 Å². The van der Waals surface area contributed by atoms with Crippen LogP contribution in [0.1, 0.15) is 28.8 Å². The van der Waals surface area contributed by atoms with Crippen LogP contribution in [0.3, 0.4) is 0 Å². The Labute approximate surface area is 157 Å². The molecule has 3 aliphatic rings. The number of rotatable bonds is 5. The van der Waals surface area contributed by atoms with Gasteiger partial charge in [0.15, 0.2) is 0 Å². The summed E-state index contributed by atoms with van der Waals surface area (Å²) in [4.78, 5) is 15.0. The molecule has 1 N–H and O–H groups in total. The predicted molar refractivity (Wildman–Crippen MR) is 101 cm³/mol. The first-order valence-corrected chi connectivity index (χ1v) is 9.34. The molecule has 0 radical (unpaired) electrons. The molecular weight excluding hydrogens is 355 g/mol. The third kappa shape index (κ3) is 3.29.